The summed E-state index contributed by atoms with van der Waals surface area (Å²) in [5, 5.41) is 0. The summed E-state index contributed by atoms with van der Waals surface area (Å²) in [6.07, 6.45) is 4.64. The van der Waals surface area contributed by atoms with Gasteiger partial charge in [-0.2, -0.15) is 0 Å². The number of hydrazine groups is 1. The number of carbonyl (C=O) groups excluding carboxylic acids is 2. The SMILES string of the molecule is Cc1ccccc1OCCC(=O)NNC(=O)c1cc2c(s1)CCCC2. The number of ether oxygens (including phenoxy) is 1. The van der Waals surface area contributed by atoms with E-state index in [0.717, 1.165) is 24.2 Å². The highest BCUT2D eigenvalue weighted by Gasteiger charge is 2.17. The molecule has 1 aromatic carbocycles. The Morgan fingerprint density at radius 2 is 1.96 bits per heavy atom. The van der Waals surface area contributed by atoms with Gasteiger partial charge in [0.15, 0.2) is 0 Å². The molecule has 0 radical (unpaired) electrons. The van der Waals surface area contributed by atoms with Crippen LogP contribution in [0, 0.1) is 6.92 Å². The van der Waals surface area contributed by atoms with E-state index < -0.39 is 0 Å². The maximum atomic E-state index is 12.2. The third-order valence-corrected chi connectivity index (χ3v) is 5.45. The van der Waals surface area contributed by atoms with E-state index in [1.165, 1.54) is 34.6 Å². The Kier molecular flexibility index (Phi) is 5.71. The number of hydrogen-bond acceptors (Lipinski definition) is 4. The smallest absolute Gasteiger partial charge is 0.279 e. The van der Waals surface area contributed by atoms with E-state index in [4.69, 9.17) is 4.74 Å². The lowest BCUT2D eigenvalue weighted by atomic mass is 9.99. The number of carbonyl (C=O) groups is 2. The van der Waals surface area contributed by atoms with Crippen molar-refractivity contribution in [3.05, 3.63) is 51.2 Å². The van der Waals surface area contributed by atoms with Crippen LogP contribution in [0.5, 0.6) is 5.75 Å². The van der Waals surface area contributed by atoms with Crippen LogP contribution >= 0.6 is 11.3 Å². The van der Waals surface area contributed by atoms with Crippen LogP contribution in [0.4, 0.5) is 0 Å². The van der Waals surface area contributed by atoms with Gasteiger partial charge in [-0.3, -0.25) is 20.4 Å². The highest BCUT2D eigenvalue weighted by Crippen LogP contribution is 2.29. The van der Waals surface area contributed by atoms with Gasteiger partial charge >= 0.3 is 0 Å². The van der Waals surface area contributed by atoms with Crippen LogP contribution in [0.1, 0.15) is 44.9 Å². The molecular formula is C19H22N2O3S. The molecule has 2 aromatic rings. The van der Waals surface area contributed by atoms with E-state index in [2.05, 4.69) is 10.9 Å². The maximum absolute atomic E-state index is 12.2. The average Bonchev–Trinajstić information content (AvgIpc) is 3.05. The molecule has 1 aromatic heterocycles. The van der Waals surface area contributed by atoms with Crippen LogP contribution in [0.3, 0.4) is 0 Å². The summed E-state index contributed by atoms with van der Waals surface area (Å²) >= 11 is 1.52. The average molecular weight is 358 g/mol. The van der Waals surface area contributed by atoms with Crippen molar-refractivity contribution in [1.82, 2.24) is 10.9 Å². The van der Waals surface area contributed by atoms with Crippen molar-refractivity contribution in [3.8, 4) is 5.75 Å². The second-order valence-corrected chi connectivity index (χ2v) is 7.27. The van der Waals surface area contributed by atoms with E-state index >= 15 is 0 Å². The van der Waals surface area contributed by atoms with Gasteiger partial charge in [-0.25, -0.2) is 0 Å². The molecule has 0 atom stereocenters. The summed E-state index contributed by atoms with van der Waals surface area (Å²) in [5.41, 5.74) is 7.24. The fraction of sp³-hybridized carbons (Fsp3) is 0.368. The highest BCUT2D eigenvalue weighted by molar-refractivity contribution is 7.14. The molecule has 132 valence electrons. The largest absolute Gasteiger partial charge is 0.493 e. The van der Waals surface area contributed by atoms with Gasteiger partial charge < -0.3 is 4.74 Å². The van der Waals surface area contributed by atoms with Crippen LogP contribution < -0.4 is 15.6 Å². The molecule has 2 amide bonds. The zero-order chi connectivity index (χ0) is 17.6. The van der Waals surface area contributed by atoms with E-state index in [1.54, 1.807) is 0 Å². The lowest BCUT2D eigenvalue weighted by molar-refractivity contribution is -0.122. The predicted molar refractivity (Wildman–Crippen MR) is 97.9 cm³/mol. The minimum Gasteiger partial charge on any atom is -0.493 e. The van der Waals surface area contributed by atoms with E-state index in [1.807, 2.05) is 37.3 Å². The first-order valence-electron chi connectivity index (χ1n) is 8.52. The Labute approximate surface area is 151 Å². The molecule has 0 fully saturated rings. The Bertz CT molecular complexity index is 746. The lowest BCUT2D eigenvalue weighted by Gasteiger charge is -2.09. The molecule has 0 spiro atoms. The summed E-state index contributed by atoms with van der Waals surface area (Å²) in [6, 6.07) is 9.60. The number of amides is 2. The number of thiophene rings is 1. The monoisotopic (exact) mass is 358 g/mol. The molecule has 1 aliphatic carbocycles. The molecule has 6 heteroatoms. The normalized spacial score (nSPS) is 13.0. The van der Waals surface area contributed by atoms with Crippen LogP contribution in [0.25, 0.3) is 0 Å². The number of benzene rings is 1. The Balaban J connectivity index is 1.42. The van der Waals surface area contributed by atoms with E-state index in [0.29, 0.717) is 4.88 Å². The minimum absolute atomic E-state index is 0.176. The summed E-state index contributed by atoms with van der Waals surface area (Å²) in [7, 11) is 0. The van der Waals surface area contributed by atoms with Gasteiger partial charge in [0.1, 0.15) is 5.75 Å². The number of fused-ring (bicyclic) bond motifs is 1. The molecule has 5 nitrogen and oxygen atoms in total. The van der Waals surface area contributed by atoms with Crippen molar-refractivity contribution in [1.29, 1.82) is 0 Å². The van der Waals surface area contributed by atoms with E-state index in [9.17, 15) is 9.59 Å². The van der Waals surface area contributed by atoms with Gasteiger partial charge in [0, 0.05) is 4.88 Å². The molecule has 25 heavy (non-hydrogen) atoms. The summed E-state index contributed by atoms with van der Waals surface area (Å²) in [5.74, 6) is 0.235. The molecule has 1 heterocycles. The van der Waals surface area contributed by atoms with Gasteiger partial charge in [-0.1, -0.05) is 18.2 Å². The topological polar surface area (TPSA) is 67.4 Å². The first kappa shape index (κ1) is 17.5. The highest BCUT2D eigenvalue weighted by atomic mass is 32.1. The Morgan fingerprint density at radius 3 is 2.76 bits per heavy atom. The van der Waals surface area contributed by atoms with Crippen molar-refractivity contribution < 1.29 is 14.3 Å². The lowest BCUT2D eigenvalue weighted by Crippen LogP contribution is -2.41. The van der Waals surface area contributed by atoms with Crippen molar-refractivity contribution in [2.24, 2.45) is 0 Å². The first-order chi connectivity index (χ1) is 12.1. The Hall–Kier alpha value is -2.34. The van der Waals surface area contributed by atoms with Crippen molar-refractivity contribution in [3.63, 3.8) is 0 Å². The molecule has 0 saturated heterocycles. The second kappa shape index (κ2) is 8.16. The molecule has 0 saturated carbocycles. The van der Waals surface area contributed by atoms with Crippen molar-refractivity contribution >= 4 is 23.2 Å². The van der Waals surface area contributed by atoms with Gasteiger partial charge in [0.05, 0.1) is 17.9 Å². The molecule has 1 aliphatic rings. The number of rotatable bonds is 5. The summed E-state index contributed by atoms with van der Waals surface area (Å²) < 4.78 is 5.58. The van der Waals surface area contributed by atoms with Gasteiger partial charge in [-0.15, -0.1) is 11.3 Å². The molecule has 0 unspecified atom stereocenters. The Morgan fingerprint density at radius 1 is 1.16 bits per heavy atom. The molecule has 3 rings (SSSR count). The van der Waals surface area contributed by atoms with Crippen LogP contribution in [0.15, 0.2) is 30.3 Å². The zero-order valence-electron chi connectivity index (χ0n) is 14.3. The molecule has 0 bridgehead atoms. The number of para-hydroxylation sites is 1. The fourth-order valence-corrected chi connectivity index (χ4v) is 3.97. The summed E-state index contributed by atoms with van der Waals surface area (Å²) in [6.45, 7) is 2.22. The quantitative estimate of drug-likeness (QED) is 0.807. The van der Waals surface area contributed by atoms with Gasteiger partial charge in [0.25, 0.3) is 5.91 Å². The number of aryl methyl sites for hydroxylation is 3. The van der Waals surface area contributed by atoms with Gasteiger partial charge in [-0.05, 0) is 55.9 Å². The van der Waals surface area contributed by atoms with E-state index in [-0.39, 0.29) is 24.8 Å². The fourth-order valence-electron chi connectivity index (χ4n) is 2.83. The third-order valence-electron chi connectivity index (χ3n) is 4.22. The van der Waals surface area contributed by atoms with Crippen LogP contribution in [-0.2, 0) is 17.6 Å². The first-order valence-corrected chi connectivity index (χ1v) is 9.34. The minimum atomic E-state index is -0.275. The summed E-state index contributed by atoms with van der Waals surface area (Å²) in [4.78, 5) is 26.0. The maximum Gasteiger partial charge on any atom is 0.279 e. The van der Waals surface area contributed by atoms with Crippen LogP contribution in [0.2, 0.25) is 0 Å². The zero-order valence-corrected chi connectivity index (χ0v) is 15.1. The number of hydrogen-bond donors (Lipinski definition) is 2. The predicted octanol–water partition coefficient (Wildman–Crippen LogP) is 3.17. The molecule has 0 aliphatic heterocycles. The standard InChI is InChI=1S/C19H22N2O3S/c1-13-6-2-4-8-15(13)24-11-10-18(22)20-21-19(23)17-12-14-7-3-5-9-16(14)25-17/h2,4,6,8,12H,3,5,7,9-11H2,1H3,(H,20,22)(H,21,23). The molecular weight excluding hydrogens is 336 g/mol. The number of nitrogens with one attached hydrogen (secondary N) is 2. The second-order valence-electron chi connectivity index (χ2n) is 6.13. The van der Waals surface area contributed by atoms with Crippen LogP contribution in [-0.4, -0.2) is 18.4 Å². The van der Waals surface area contributed by atoms with Crippen molar-refractivity contribution in [2.75, 3.05) is 6.61 Å². The third kappa shape index (κ3) is 4.60. The van der Waals surface area contributed by atoms with Crippen molar-refractivity contribution in [2.45, 2.75) is 39.0 Å². The molecule has 2 N–H and O–H groups in total. The van der Waals surface area contributed by atoms with Gasteiger partial charge in [0.2, 0.25) is 5.91 Å².